The maximum atomic E-state index is 10.8. The van der Waals surface area contributed by atoms with E-state index in [-0.39, 0.29) is 0 Å². The maximum Gasteiger partial charge on any atom is 0.326 e. The molecule has 0 radical (unpaired) electrons. The molecule has 0 heterocycles. The molecule has 104 valence electrons. The second-order valence-corrected chi connectivity index (χ2v) is 5.39. The molecular formula is C14H19NO3S. The number of hydrogen-bond donors (Lipinski definition) is 2. The number of thioether (sulfide) groups is 1. The summed E-state index contributed by atoms with van der Waals surface area (Å²) in [6.45, 7) is 0. The Labute approximate surface area is 117 Å². The molecule has 1 amide bonds. The van der Waals surface area contributed by atoms with Gasteiger partial charge in [-0.1, -0.05) is 30.3 Å². The summed E-state index contributed by atoms with van der Waals surface area (Å²) in [5.74, 6) is 0.770. The predicted octanol–water partition coefficient (Wildman–Crippen LogP) is 1.94. The van der Waals surface area contributed by atoms with E-state index in [1.54, 1.807) is 11.8 Å². The third-order valence-electron chi connectivity index (χ3n) is 2.72. The molecular weight excluding hydrogens is 262 g/mol. The Morgan fingerprint density at radius 3 is 2.68 bits per heavy atom. The Morgan fingerprint density at radius 1 is 1.32 bits per heavy atom. The first-order chi connectivity index (χ1) is 9.24. The Morgan fingerprint density at radius 2 is 2.05 bits per heavy atom. The molecule has 0 bridgehead atoms. The number of hydrogen-bond acceptors (Lipinski definition) is 3. The van der Waals surface area contributed by atoms with Crippen LogP contribution in [0.4, 0.5) is 0 Å². The van der Waals surface area contributed by atoms with Crippen LogP contribution in [0.15, 0.2) is 30.3 Å². The summed E-state index contributed by atoms with van der Waals surface area (Å²) in [5.41, 5.74) is 1.33. The number of aryl methyl sites for hydroxylation is 1. The predicted molar refractivity (Wildman–Crippen MR) is 77.3 cm³/mol. The molecule has 5 heteroatoms. The molecule has 0 aliphatic carbocycles. The van der Waals surface area contributed by atoms with E-state index in [0.29, 0.717) is 12.8 Å². The van der Waals surface area contributed by atoms with Gasteiger partial charge in [0.25, 0.3) is 0 Å². The van der Waals surface area contributed by atoms with Crippen molar-refractivity contribution < 1.29 is 14.7 Å². The minimum absolute atomic E-state index is 0.443. The van der Waals surface area contributed by atoms with Gasteiger partial charge in [0.15, 0.2) is 0 Å². The van der Waals surface area contributed by atoms with Gasteiger partial charge >= 0.3 is 5.97 Å². The highest BCUT2D eigenvalue weighted by molar-refractivity contribution is 7.99. The summed E-state index contributed by atoms with van der Waals surface area (Å²) in [6.07, 6.45) is 3.03. The summed E-state index contributed by atoms with van der Waals surface area (Å²) >= 11 is 1.72. The van der Waals surface area contributed by atoms with E-state index < -0.39 is 12.0 Å². The van der Waals surface area contributed by atoms with Crippen LogP contribution < -0.4 is 5.32 Å². The van der Waals surface area contributed by atoms with Gasteiger partial charge in [-0.15, -0.1) is 0 Å². The minimum atomic E-state index is -0.975. The lowest BCUT2D eigenvalue weighted by Gasteiger charge is -2.10. The third kappa shape index (κ3) is 6.86. The largest absolute Gasteiger partial charge is 0.480 e. The number of nitrogens with one attached hydrogen (secondary N) is 1. The van der Waals surface area contributed by atoms with Crippen molar-refractivity contribution in [1.29, 1.82) is 0 Å². The molecule has 0 aliphatic rings. The fraction of sp³-hybridized carbons (Fsp3) is 0.429. The first kappa shape index (κ1) is 15.6. The fourth-order valence-corrected chi connectivity index (χ4v) is 2.64. The van der Waals surface area contributed by atoms with Crippen molar-refractivity contribution in [3.63, 3.8) is 0 Å². The molecule has 0 fully saturated rings. The van der Waals surface area contributed by atoms with E-state index in [9.17, 15) is 9.59 Å². The van der Waals surface area contributed by atoms with Crippen molar-refractivity contribution in [2.24, 2.45) is 0 Å². The van der Waals surface area contributed by atoms with Crippen LogP contribution in [-0.2, 0) is 16.0 Å². The Balaban J connectivity index is 2.07. The molecule has 0 aromatic heterocycles. The van der Waals surface area contributed by atoms with Crippen LogP contribution in [-0.4, -0.2) is 35.0 Å². The molecule has 4 nitrogen and oxygen atoms in total. The first-order valence-corrected chi connectivity index (χ1v) is 7.43. The highest BCUT2D eigenvalue weighted by atomic mass is 32.2. The van der Waals surface area contributed by atoms with Crippen molar-refractivity contribution in [3.05, 3.63) is 35.9 Å². The average molecular weight is 281 g/mol. The molecule has 19 heavy (non-hydrogen) atoms. The van der Waals surface area contributed by atoms with E-state index in [2.05, 4.69) is 17.4 Å². The molecule has 1 unspecified atom stereocenters. The Kier molecular flexibility index (Phi) is 7.74. The maximum absolute atomic E-state index is 10.8. The number of benzene rings is 1. The standard InChI is InChI=1S/C14H19NO3S/c16-11-15-13(14(17)18)8-10-19-9-4-7-12-5-2-1-3-6-12/h1-3,5-6,11,13H,4,7-10H2,(H,15,16)(H,17,18). The monoisotopic (exact) mass is 281 g/mol. The van der Waals surface area contributed by atoms with Gasteiger partial charge in [-0.05, 0) is 36.3 Å². The SMILES string of the molecule is O=CNC(CCSCCCc1ccccc1)C(=O)O. The van der Waals surface area contributed by atoms with Gasteiger partial charge < -0.3 is 10.4 Å². The van der Waals surface area contributed by atoms with Crippen LogP contribution in [0.25, 0.3) is 0 Å². The van der Waals surface area contributed by atoms with Gasteiger partial charge in [0.05, 0.1) is 0 Å². The number of rotatable bonds is 10. The van der Waals surface area contributed by atoms with Crippen LogP contribution in [0.3, 0.4) is 0 Å². The van der Waals surface area contributed by atoms with Crippen LogP contribution in [0.1, 0.15) is 18.4 Å². The molecule has 1 aromatic rings. The van der Waals surface area contributed by atoms with Crippen molar-refractivity contribution in [2.45, 2.75) is 25.3 Å². The van der Waals surface area contributed by atoms with Crippen molar-refractivity contribution >= 4 is 24.1 Å². The smallest absolute Gasteiger partial charge is 0.326 e. The molecule has 0 saturated carbocycles. The highest BCUT2D eigenvalue weighted by Crippen LogP contribution is 2.10. The molecule has 0 aliphatic heterocycles. The van der Waals surface area contributed by atoms with E-state index in [4.69, 9.17) is 5.11 Å². The van der Waals surface area contributed by atoms with Gasteiger partial charge in [0.1, 0.15) is 6.04 Å². The zero-order chi connectivity index (χ0) is 13.9. The topological polar surface area (TPSA) is 66.4 Å². The van der Waals surface area contributed by atoms with Crippen LogP contribution in [0.2, 0.25) is 0 Å². The van der Waals surface area contributed by atoms with Gasteiger partial charge in [-0.25, -0.2) is 4.79 Å². The summed E-state index contributed by atoms with van der Waals surface area (Å²) in [7, 11) is 0. The third-order valence-corrected chi connectivity index (χ3v) is 3.82. The lowest BCUT2D eigenvalue weighted by atomic mass is 10.1. The van der Waals surface area contributed by atoms with E-state index in [1.807, 2.05) is 18.2 Å². The van der Waals surface area contributed by atoms with Crippen molar-refractivity contribution in [2.75, 3.05) is 11.5 Å². The molecule has 1 aromatic carbocycles. The number of carboxylic acids is 1. The summed E-state index contributed by atoms with van der Waals surface area (Å²) < 4.78 is 0. The fourth-order valence-electron chi connectivity index (χ4n) is 1.69. The van der Waals surface area contributed by atoms with Gasteiger partial charge in [-0.3, -0.25) is 4.79 Å². The normalized spacial score (nSPS) is 11.8. The summed E-state index contributed by atoms with van der Waals surface area (Å²) in [4.78, 5) is 21.0. The van der Waals surface area contributed by atoms with Gasteiger partial charge in [0.2, 0.25) is 6.41 Å². The minimum Gasteiger partial charge on any atom is -0.480 e. The lowest BCUT2D eigenvalue weighted by molar-refractivity contribution is -0.140. The first-order valence-electron chi connectivity index (χ1n) is 6.28. The summed E-state index contributed by atoms with van der Waals surface area (Å²) in [5, 5.41) is 11.1. The Hall–Kier alpha value is -1.49. The second-order valence-electron chi connectivity index (χ2n) is 4.17. The lowest BCUT2D eigenvalue weighted by Crippen LogP contribution is -2.36. The average Bonchev–Trinajstić information content (AvgIpc) is 2.42. The van der Waals surface area contributed by atoms with Gasteiger partial charge in [-0.2, -0.15) is 11.8 Å². The van der Waals surface area contributed by atoms with Crippen LogP contribution >= 0.6 is 11.8 Å². The van der Waals surface area contributed by atoms with E-state index in [0.717, 1.165) is 24.3 Å². The molecule has 1 atom stereocenters. The highest BCUT2D eigenvalue weighted by Gasteiger charge is 2.14. The second kappa shape index (κ2) is 9.44. The van der Waals surface area contributed by atoms with Crippen LogP contribution in [0.5, 0.6) is 0 Å². The van der Waals surface area contributed by atoms with Gasteiger partial charge in [0, 0.05) is 0 Å². The number of aliphatic carboxylic acids is 1. The molecule has 2 N–H and O–H groups in total. The molecule has 0 saturated heterocycles. The number of carbonyl (C=O) groups is 2. The zero-order valence-corrected chi connectivity index (χ0v) is 11.6. The summed E-state index contributed by atoms with van der Waals surface area (Å²) in [6, 6.07) is 9.53. The van der Waals surface area contributed by atoms with Crippen molar-refractivity contribution in [3.8, 4) is 0 Å². The quantitative estimate of drug-likeness (QED) is 0.508. The number of carboxylic acid groups (broad SMARTS) is 1. The molecule has 0 spiro atoms. The number of carbonyl (C=O) groups excluding carboxylic acids is 1. The number of amides is 1. The van der Waals surface area contributed by atoms with E-state index in [1.165, 1.54) is 5.56 Å². The molecule has 1 rings (SSSR count). The van der Waals surface area contributed by atoms with Crippen LogP contribution in [0, 0.1) is 0 Å². The van der Waals surface area contributed by atoms with Crippen molar-refractivity contribution in [1.82, 2.24) is 5.32 Å². The zero-order valence-electron chi connectivity index (χ0n) is 10.7. The van der Waals surface area contributed by atoms with E-state index >= 15 is 0 Å². The Bertz CT molecular complexity index is 384.